The third-order valence-electron chi connectivity index (χ3n) is 14.3. The Labute approximate surface area is 397 Å². The number of methoxy groups -OCH3 is 4. The normalized spacial score (nSPS) is 24.2. The highest BCUT2D eigenvalue weighted by Crippen LogP contribution is 2.49. The summed E-state index contributed by atoms with van der Waals surface area (Å²) in [7, 11) is 5.49. The molecule has 1 unspecified atom stereocenters. The van der Waals surface area contributed by atoms with Crippen molar-refractivity contribution in [3.8, 4) is 0 Å². The number of aromatic nitrogens is 2. The smallest absolute Gasteiger partial charge is 0.407 e. The Morgan fingerprint density at radius 3 is 1.94 bits per heavy atom. The largest absolute Gasteiger partial charge is 0.453 e. The fourth-order valence-corrected chi connectivity index (χ4v) is 10.4. The number of β-amino-alcohol motifs (C(OH)–C–C–N with tert-alkyl or cyclic N) is 1. The number of carbonyl (C=O) groups is 4. The number of hydrogen-bond donors (Lipinski definition) is 6. The minimum atomic E-state index is -1.01. The molecule has 3 saturated heterocycles. The molecule has 0 radical (unpaired) electrons. The number of anilines is 3. The molecule has 4 amide bonds. The maximum Gasteiger partial charge on any atom is 0.407 e. The molecule has 3 aromatic carbocycles. The number of hydrogen-bond acceptors (Lipinski definition) is 13. The van der Waals surface area contributed by atoms with E-state index in [0.717, 1.165) is 64.9 Å². The summed E-state index contributed by atoms with van der Waals surface area (Å²) in [6, 6.07) is 19.1. The number of likely N-dealkylation sites (tertiary alicyclic amines) is 2. The summed E-state index contributed by atoms with van der Waals surface area (Å²) in [4.78, 5) is 67.0. The first-order chi connectivity index (χ1) is 32.5. The summed E-state index contributed by atoms with van der Waals surface area (Å²) in [5, 5.41) is 23.4. The van der Waals surface area contributed by atoms with Crippen LogP contribution in [0.1, 0.15) is 107 Å². The highest BCUT2D eigenvalue weighted by molar-refractivity contribution is 5.88. The molecule has 4 aliphatic heterocycles. The maximum absolute atomic E-state index is 14.0. The number of aromatic amines is 1. The van der Waals surface area contributed by atoms with Crippen LogP contribution < -0.4 is 26.2 Å². The molecule has 18 nitrogen and oxygen atoms in total. The van der Waals surface area contributed by atoms with E-state index in [1.54, 1.807) is 23.6 Å². The average molecular weight is 938 g/mol. The van der Waals surface area contributed by atoms with Gasteiger partial charge in [-0.1, -0.05) is 45.0 Å². The molecule has 5 heterocycles. The summed E-state index contributed by atoms with van der Waals surface area (Å²) in [6.07, 6.45) is -0.186. The number of ether oxygens (including phenoxy) is 4. The van der Waals surface area contributed by atoms with E-state index >= 15 is 0 Å². The zero-order chi connectivity index (χ0) is 48.6. The number of nitrogens with one attached hydrogen (secondary N) is 5. The number of aliphatic hydroxyl groups excluding tert-OH is 1. The lowest BCUT2D eigenvalue weighted by Crippen LogP contribution is -2.58. The van der Waals surface area contributed by atoms with Crippen LogP contribution in [-0.2, 0) is 34.0 Å². The molecule has 4 aromatic rings. The zero-order valence-corrected chi connectivity index (χ0v) is 40.5. The van der Waals surface area contributed by atoms with Crippen LogP contribution in [0, 0.1) is 0 Å². The van der Waals surface area contributed by atoms with Gasteiger partial charge >= 0.3 is 12.2 Å². The van der Waals surface area contributed by atoms with Crippen LogP contribution in [0.3, 0.4) is 0 Å². The molecule has 0 saturated carbocycles. The van der Waals surface area contributed by atoms with Gasteiger partial charge in [-0.2, -0.15) is 0 Å². The second-order valence-electron chi connectivity index (χ2n) is 19.5. The highest BCUT2D eigenvalue weighted by Gasteiger charge is 2.45. The first-order valence-corrected chi connectivity index (χ1v) is 23.6. The number of imidazole rings is 1. The molecular formula is C50H67N9O9. The van der Waals surface area contributed by atoms with Gasteiger partial charge in [0.25, 0.3) is 0 Å². The number of benzene rings is 3. The molecule has 8 rings (SSSR count). The monoisotopic (exact) mass is 938 g/mol. The number of aliphatic hydroxyl groups is 1. The summed E-state index contributed by atoms with van der Waals surface area (Å²) < 4.78 is 20.6. The topological polar surface area (TPSA) is 212 Å². The van der Waals surface area contributed by atoms with Crippen molar-refractivity contribution >= 4 is 52.1 Å². The van der Waals surface area contributed by atoms with Crippen LogP contribution in [0.2, 0.25) is 0 Å². The van der Waals surface area contributed by atoms with Crippen molar-refractivity contribution in [3.05, 3.63) is 83.2 Å². The molecule has 4 aliphatic rings. The number of fused-ring (bicyclic) bond motifs is 2. The number of alkyl carbamates (subject to hydrolysis) is 2. The second kappa shape index (κ2) is 19.9. The Morgan fingerprint density at radius 2 is 1.34 bits per heavy atom. The molecule has 6 N–H and O–H groups in total. The van der Waals surface area contributed by atoms with Crippen molar-refractivity contribution in [2.24, 2.45) is 0 Å². The van der Waals surface area contributed by atoms with Gasteiger partial charge in [0.15, 0.2) is 0 Å². The van der Waals surface area contributed by atoms with Crippen LogP contribution in [0.5, 0.6) is 0 Å². The molecule has 10 atom stereocenters. The van der Waals surface area contributed by atoms with Gasteiger partial charge in [0.2, 0.25) is 11.8 Å². The van der Waals surface area contributed by atoms with Gasteiger partial charge < -0.3 is 65.0 Å². The van der Waals surface area contributed by atoms with E-state index in [1.165, 1.54) is 34.0 Å². The van der Waals surface area contributed by atoms with E-state index in [1.807, 2.05) is 0 Å². The molecule has 0 spiro atoms. The van der Waals surface area contributed by atoms with Crippen LogP contribution in [-0.4, -0.2) is 133 Å². The van der Waals surface area contributed by atoms with Crippen molar-refractivity contribution in [3.63, 3.8) is 0 Å². The van der Waals surface area contributed by atoms with E-state index < -0.39 is 54.8 Å². The third-order valence-corrected chi connectivity index (χ3v) is 14.3. The quantitative estimate of drug-likeness (QED) is 0.0877. The first kappa shape index (κ1) is 48.4. The number of amides is 4. The van der Waals surface area contributed by atoms with Gasteiger partial charge in [0, 0.05) is 33.0 Å². The maximum atomic E-state index is 14.0. The minimum Gasteiger partial charge on any atom is -0.453 e. The van der Waals surface area contributed by atoms with Gasteiger partial charge in [-0.15, -0.1) is 0 Å². The number of H-pyrrole nitrogens is 1. The third kappa shape index (κ3) is 9.63. The lowest BCUT2D eigenvalue weighted by molar-refractivity contribution is -0.138. The number of carbonyl (C=O) groups excluding carboxylic acids is 4. The minimum absolute atomic E-state index is 0.0163. The van der Waals surface area contributed by atoms with Crippen molar-refractivity contribution in [1.82, 2.24) is 30.4 Å². The fourth-order valence-electron chi connectivity index (χ4n) is 10.4. The van der Waals surface area contributed by atoms with Crippen molar-refractivity contribution in [2.75, 3.05) is 57.1 Å². The Balaban J connectivity index is 1.06. The van der Waals surface area contributed by atoms with Crippen LogP contribution in [0.4, 0.5) is 26.7 Å². The Bertz CT molecular complexity index is 2480. The Hall–Kier alpha value is -6.11. The standard InChI is InChI=1S/C50H67N9O9/c1-27(65-6)42(55-48(63)67-8)46(61)57-22-10-11-40(57)44-51-34-18-12-29(23-36(34)53-44)38-20-21-39(59(38)32-16-14-31(15-17-32)50(3,4)5)30-13-19-35-37(24-30)54-45(52-35)41-25-33(60)26-58(41)47(62)43(28(2)66-7)56-49(64)68-9/h12-19,23-24,27-28,33,38-43,45,52,54,60H,10-11,20-22,25-26H2,1-9H3,(H,51,53)(H,55,63)(H,56,64)/t27-,28-,33+,38-,39-,40+,41+,42+,43+,45?/m1/s1. The molecule has 0 aliphatic carbocycles. The molecule has 0 bridgehead atoms. The van der Waals surface area contributed by atoms with Crippen LogP contribution >= 0.6 is 0 Å². The van der Waals surface area contributed by atoms with E-state index in [9.17, 15) is 24.3 Å². The molecule has 3 fully saturated rings. The Kier molecular flexibility index (Phi) is 14.1. The predicted octanol–water partition coefficient (Wildman–Crippen LogP) is 6.25. The summed E-state index contributed by atoms with van der Waals surface area (Å²) in [5.74, 6) is 0.0764. The number of rotatable bonds is 13. The van der Waals surface area contributed by atoms with Gasteiger partial charge in [0.1, 0.15) is 24.1 Å². The van der Waals surface area contributed by atoms with Crippen molar-refractivity contribution < 1.29 is 43.2 Å². The van der Waals surface area contributed by atoms with Crippen LogP contribution in [0.25, 0.3) is 11.0 Å². The lowest BCUT2D eigenvalue weighted by atomic mass is 9.87. The van der Waals surface area contributed by atoms with E-state index in [4.69, 9.17) is 23.9 Å². The SMILES string of the molecule is COC(=O)N[C@H](C(=O)N1CCC[C@H]1c1nc2ccc([C@H]3CC[C@H](c4ccc5c(c4)NC([C@@H]4C[C@H](O)CN4C(=O)[C@@H](NC(=O)OC)[C@@H](C)OC)N5)N3c3ccc(C(C)(C)C)cc3)cc2[nH]1)[C@@H](C)OC. The van der Waals surface area contributed by atoms with E-state index in [0.29, 0.717) is 18.8 Å². The lowest BCUT2D eigenvalue weighted by Gasteiger charge is -2.34. The molecule has 68 heavy (non-hydrogen) atoms. The number of nitrogens with zero attached hydrogens (tertiary/aromatic N) is 4. The van der Waals surface area contributed by atoms with Crippen molar-refractivity contribution in [1.29, 1.82) is 0 Å². The Morgan fingerprint density at radius 1 is 0.750 bits per heavy atom. The van der Waals surface area contributed by atoms with Gasteiger partial charge in [-0.25, -0.2) is 14.6 Å². The molecule has 366 valence electrons. The van der Waals surface area contributed by atoms with Gasteiger partial charge in [-0.05, 0) is 104 Å². The first-order valence-electron chi connectivity index (χ1n) is 23.6. The van der Waals surface area contributed by atoms with E-state index in [-0.39, 0.29) is 41.9 Å². The average Bonchev–Trinajstić information content (AvgIpc) is 4.20. The fraction of sp³-hybridized carbons (Fsp3) is 0.540. The van der Waals surface area contributed by atoms with Gasteiger partial charge in [-0.3, -0.25) is 9.59 Å². The predicted molar refractivity (Wildman–Crippen MR) is 257 cm³/mol. The van der Waals surface area contributed by atoms with Crippen molar-refractivity contribution in [2.45, 2.75) is 133 Å². The van der Waals surface area contributed by atoms with Crippen LogP contribution in [0.15, 0.2) is 60.7 Å². The molecule has 18 heteroatoms. The zero-order valence-electron chi connectivity index (χ0n) is 40.5. The summed E-state index contributed by atoms with van der Waals surface area (Å²) in [6.45, 7) is 10.7. The molecular weight excluding hydrogens is 871 g/mol. The second-order valence-corrected chi connectivity index (χ2v) is 19.5. The summed E-state index contributed by atoms with van der Waals surface area (Å²) >= 11 is 0. The van der Waals surface area contributed by atoms with E-state index in [2.05, 4.69) is 113 Å². The molecule has 1 aromatic heterocycles. The summed E-state index contributed by atoms with van der Waals surface area (Å²) in [5.41, 5.74) is 8.09. The van der Waals surface area contributed by atoms with Gasteiger partial charge in [0.05, 0.1) is 79.1 Å². The highest BCUT2D eigenvalue weighted by atomic mass is 16.5.